The summed E-state index contributed by atoms with van der Waals surface area (Å²) in [5.41, 5.74) is 2.48. The van der Waals surface area contributed by atoms with Gasteiger partial charge in [0.05, 0.1) is 27.8 Å². The smallest absolute Gasteiger partial charge is 0.263 e. The summed E-state index contributed by atoms with van der Waals surface area (Å²) >= 11 is 1.36. The molecule has 0 saturated heterocycles. The van der Waals surface area contributed by atoms with Crippen LogP contribution in [0.1, 0.15) is 16.2 Å². The van der Waals surface area contributed by atoms with E-state index in [9.17, 15) is 13.6 Å². The molecule has 130 valence electrons. The number of aromatic nitrogens is 3. The number of rotatable bonds is 4. The predicted molar refractivity (Wildman–Crippen MR) is 90.4 cm³/mol. The van der Waals surface area contributed by atoms with Crippen molar-refractivity contribution >= 4 is 27.5 Å². The number of hydrogen-bond acceptors (Lipinski definition) is 6. The van der Waals surface area contributed by atoms with Crippen molar-refractivity contribution in [2.24, 2.45) is 0 Å². The van der Waals surface area contributed by atoms with E-state index in [1.807, 2.05) is 6.07 Å². The van der Waals surface area contributed by atoms with Gasteiger partial charge in [0.2, 0.25) is 0 Å². The maximum Gasteiger partial charge on any atom is 0.263 e. The van der Waals surface area contributed by atoms with Crippen molar-refractivity contribution in [1.82, 2.24) is 20.4 Å². The Balaban J connectivity index is 1.52. The van der Waals surface area contributed by atoms with Gasteiger partial charge in [0, 0.05) is 0 Å². The average molecular weight is 372 g/mol. The summed E-state index contributed by atoms with van der Waals surface area (Å²) in [6.45, 7) is -0.0480. The highest BCUT2D eigenvalue weighted by Crippen LogP contribution is 2.24. The number of halogens is 2. The second-order valence-electron chi connectivity index (χ2n) is 5.30. The first-order chi connectivity index (χ1) is 12.6. The fourth-order valence-corrected chi connectivity index (χ4v) is 3.25. The minimum atomic E-state index is -0.805. The van der Waals surface area contributed by atoms with Gasteiger partial charge in [-0.25, -0.2) is 13.8 Å². The first-order valence-electron chi connectivity index (χ1n) is 7.51. The topological polar surface area (TPSA) is 80.9 Å². The lowest BCUT2D eigenvalue weighted by molar-refractivity contribution is 0.0951. The molecule has 0 saturated carbocycles. The van der Waals surface area contributed by atoms with Gasteiger partial charge in [-0.3, -0.25) is 4.79 Å². The molecule has 0 aliphatic carbocycles. The highest BCUT2D eigenvalue weighted by atomic mass is 32.1. The van der Waals surface area contributed by atoms with Gasteiger partial charge in [-0.05, 0) is 24.3 Å². The summed E-state index contributed by atoms with van der Waals surface area (Å²) in [5.74, 6) is -2.12. The van der Waals surface area contributed by atoms with E-state index < -0.39 is 17.2 Å². The number of benzene rings is 2. The van der Waals surface area contributed by atoms with Gasteiger partial charge in [-0.2, -0.15) is 4.98 Å². The molecule has 0 unspecified atom stereocenters. The molecule has 2 heterocycles. The number of nitrogens with one attached hydrogen (secondary N) is 1. The van der Waals surface area contributed by atoms with Crippen LogP contribution in [0, 0.1) is 11.6 Å². The van der Waals surface area contributed by atoms with E-state index in [0.717, 1.165) is 22.3 Å². The molecule has 1 N–H and O–H groups in total. The SMILES string of the molecule is O=C(NCc1noc(-c2c(F)cccc2F)n1)c1cccc2ncsc12. The van der Waals surface area contributed by atoms with Crippen molar-refractivity contribution < 1.29 is 18.1 Å². The van der Waals surface area contributed by atoms with E-state index >= 15 is 0 Å². The minimum absolute atomic E-state index is 0.0480. The van der Waals surface area contributed by atoms with Gasteiger partial charge in [-0.1, -0.05) is 17.3 Å². The van der Waals surface area contributed by atoms with E-state index in [1.54, 1.807) is 17.6 Å². The summed E-state index contributed by atoms with van der Waals surface area (Å²) < 4.78 is 33.2. The van der Waals surface area contributed by atoms with Crippen LogP contribution in [0.15, 0.2) is 46.4 Å². The maximum atomic E-state index is 13.8. The van der Waals surface area contributed by atoms with Crippen LogP contribution in [-0.2, 0) is 6.54 Å². The van der Waals surface area contributed by atoms with Gasteiger partial charge < -0.3 is 9.84 Å². The summed E-state index contributed by atoms with van der Waals surface area (Å²) in [6.07, 6.45) is 0. The first-order valence-corrected chi connectivity index (χ1v) is 8.39. The standard InChI is InChI=1S/C17H10F2N4O2S/c18-10-4-2-5-11(19)14(10)17-22-13(23-25-17)7-20-16(24)9-3-1-6-12-15(9)26-8-21-12/h1-6,8H,7H2,(H,20,24). The second-order valence-corrected chi connectivity index (χ2v) is 6.16. The third-order valence-corrected chi connectivity index (χ3v) is 4.53. The lowest BCUT2D eigenvalue weighted by atomic mass is 10.2. The molecule has 0 atom stereocenters. The summed E-state index contributed by atoms with van der Waals surface area (Å²) in [7, 11) is 0. The molecule has 0 fully saturated rings. The molecule has 4 rings (SSSR count). The molecule has 0 spiro atoms. The molecule has 9 heteroatoms. The molecule has 0 bridgehead atoms. The van der Waals surface area contributed by atoms with Crippen LogP contribution >= 0.6 is 11.3 Å². The molecule has 4 aromatic rings. The Kier molecular flexibility index (Phi) is 4.13. The third-order valence-electron chi connectivity index (χ3n) is 3.65. The van der Waals surface area contributed by atoms with Crippen molar-refractivity contribution in [3.63, 3.8) is 0 Å². The Labute approximate surface area is 149 Å². The van der Waals surface area contributed by atoms with Gasteiger partial charge in [-0.15, -0.1) is 11.3 Å². The highest BCUT2D eigenvalue weighted by Gasteiger charge is 2.18. The van der Waals surface area contributed by atoms with Crippen molar-refractivity contribution in [3.8, 4) is 11.5 Å². The van der Waals surface area contributed by atoms with Crippen LogP contribution in [0.4, 0.5) is 8.78 Å². The zero-order chi connectivity index (χ0) is 18.1. The van der Waals surface area contributed by atoms with E-state index in [0.29, 0.717) is 5.56 Å². The Morgan fingerprint density at radius 2 is 1.92 bits per heavy atom. The number of fused-ring (bicyclic) bond motifs is 1. The number of carbonyl (C=O) groups is 1. The Morgan fingerprint density at radius 3 is 2.73 bits per heavy atom. The molecule has 0 aliphatic heterocycles. The number of hydrogen-bond donors (Lipinski definition) is 1. The zero-order valence-corrected chi connectivity index (χ0v) is 13.9. The van der Waals surface area contributed by atoms with Crippen LogP contribution in [0.2, 0.25) is 0 Å². The Morgan fingerprint density at radius 1 is 1.15 bits per heavy atom. The summed E-state index contributed by atoms with van der Waals surface area (Å²) in [4.78, 5) is 20.5. The molecule has 1 amide bonds. The summed E-state index contributed by atoms with van der Waals surface area (Å²) in [6, 6.07) is 8.68. The van der Waals surface area contributed by atoms with E-state index in [1.165, 1.54) is 17.4 Å². The number of thiazole rings is 1. The quantitative estimate of drug-likeness (QED) is 0.592. The zero-order valence-electron chi connectivity index (χ0n) is 13.1. The molecular formula is C17H10F2N4O2S. The van der Waals surface area contributed by atoms with Crippen LogP contribution in [0.25, 0.3) is 21.7 Å². The van der Waals surface area contributed by atoms with Crippen molar-refractivity contribution in [1.29, 1.82) is 0 Å². The number of nitrogens with zero attached hydrogens (tertiary/aromatic N) is 3. The van der Waals surface area contributed by atoms with Crippen molar-refractivity contribution in [2.45, 2.75) is 6.54 Å². The Bertz CT molecular complexity index is 1090. The Hall–Kier alpha value is -3.20. The van der Waals surface area contributed by atoms with Crippen LogP contribution in [0.5, 0.6) is 0 Å². The molecule has 0 aliphatic rings. The van der Waals surface area contributed by atoms with Crippen LogP contribution < -0.4 is 5.32 Å². The van der Waals surface area contributed by atoms with Crippen molar-refractivity contribution in [2.75, 3.05) is 0 Å². The number of carbonyl (C=O) groups excluding carboxylic acids is 1. The monoisotopic (exact) mass is 372 g/mol. The lowest BCUT2D eigenvalue weighted by Crippen LogP contribution is -2.23. The fourth-order valence-electron chi connectivity index (χ4n) is 2.45. The first kappa shape index (κ1) is 16.3. The largest absolute Gasteiger partial charge is 0.345 e. The maximum absolute atomic E-state index is 13.8. The van der Waals surface area contributed by atoms with Gasteiger partial charge in [0.15, 0.2) is 5.82 Å². The molecule has 26 heavy (non-hydrogen) atoms. The minimum Gasteiger partial charge on any atom is -0.345 e. The third kappa shape index (κ3) is 2.92. The normalized spacial score (nSPS) is 11.0. The van der Waals surface area contributed by atoms with Gasteiger partial charge >= 0.3 is 0 Å². The van der Waals surface area contributed by atoms with Crippen molar-refractivity contribution in [3.05, 3.63) is 64.9 Å². The van der Waals surface area contributed by atoms with E-state index in [-0.39, 0.29) is 24.2 Å². The van der Waals surface area contributed by atoms with Gasteiger partial charge in [0.1, 0.15) is 17.2 Å². The van der Waals surface area contributed by atoms with Crippen LogP contribution in [-0.4, -0.2) is 21.0 Å². The second kappa shape index (κ2) is 6.60. The highest BCUT2D eigenvalue weighted by molar-refractivity contribution is 7.17. The molecule has 2 aromatic heterocycles. The average Bonchev–Trinajstić information content (AvgIpc) is 3.28. The molecule has 6 nitrogen and oxygen atoms in total. The summed E-state index contributed by atoms with van der Waals surface area (Å²) in [5, 5.41) is 6.31. The molecular weight excluding hydrogens is 362 g/mol. The van der Waals surface area contributed by atoms with E-state index in [2.05, 4.69) is 20.4 Å². The van der Waals surface area contributed by atoms with Gasteiger partial charge in [0.25, 0.3) is 11.8 Å². The molecule has 0 radical (unpaired) electrons. The van der Waals surface area contributed by atoms with E-state index in [4.69, 9.17) is 4.52 Å². The van der Waals surface area contributed by atoms with Crippen LogP contribution in [0.3, 0.4) is 0 Å². The molecule has 2 aromatic carbocycles. The lowest BCUT2D eigenvalue weighted by Gasteiger charge is -2.03. The number of amides is 1. The predicted octanol–water partition coefficient (Wildman–Crippen LogP) is 3.55. The fraction of sp³-hybridized carbons (Fsp3) is 0.0588.